The first-order valence-electron chi connectivity index (χ1n) is 15.0. The molecule has 0 aromatic heterocycles. The Kier molecular flexibility index (Phi) is 12.4. The second-order valence-electron chi connectivity index (χ2n) is 12.8. The summed E-state index contributed by atoms with van der Waals surface area (Å²) in [6.07, 6.45) is 1.41. The number of para-hydroxylation sites is 1. The number of aryl methyl sites for hydroxylation is 2. The summed E-state index contributed by atoms with van der Waals surface area (Å²) in [6, 6.07) is 9.86. The maximum atomic E-state index is 14.6. The van der Waals surface area contributed by atoms with Crippen molar-refractivity contribution in [1.82, 2.24) is 10.2 Å². The minimum Gasteiger partial charge on any atom is -0.508 e. The van der Waals surface area contributed by atoms with Gasteiger partial charge < -0.3 is 25.4 Å². The lowest BCUT2D eigenvalue weighted by Crippen LogP contribution is -2.57. The van der Waals surface area contributed by atoms with Crippen LogP contribution in [0.1, 0.15) is 97.4 Å². The molecule has 4 unspecified atom stereocenters. The zero-order chi connectivity index (χ0) is 31.8. The fourth-order valence-corrected chi connectivity index (χ4v) is 4.93. The minimum atomic E-state index is -1.07. The average molecular weight is 582 g/mol. The van der Waals surface area contributed by atoms with Gasteiger partial charge in [0.2, 0.25) is 5.91 Å². The molecule has 8 nitrogen and oxygen atoms in total. The number of carbonyl (C=O) groups is 3. The molecule has 2 aromatic rings. The number of ether oxygens (including phenoxy) is 1. The van der Waals surface area contributed by atoms with Crippen molar-refractivity contribution in [3.63, 3.8) is 0 Å². The van der Waals surface area contributed by atoms with E-state index >= 15 is 0 Å². The Hall–Kier alpha value is -3.55. The van der Waals surface area contributed by atoms with Crippen molar-refractivity contribution in [3.05, 3.63) is 59.2 Å². The highest BCUT2D eigenvalue weighted by Gasteiger charge is 2.40. The Labute approximate surface area is 252 Å². The van der Waals surface area contributed by atoms with Crippen LogP contribution in [0.5, 0.6) is 5.75 Å². The molecular weight excluding hydrogens is 530 g/mol. The summed E-state index contributed by atoms with van der Waals surface area (Å²) in [6.45, 7) is 19.2. The molecule has 0 spiro atoms. The summed E-state index contributed by atoms with van der Waals surface area (Å²) in [7, 11) is 0. The normalized spacial score (nSPS) is 14.5. The molecule has 42 heavy (non-hydrogen) atoms. The van der Waals surface area contributed by atoms with Crippen LogP contribution in [0.15, 0.2) is 42.5 Å². The molecule has 0 heterocycles. The van der Waals surface area contributed by atoms with Crippen molar-refractivity contribution in [2.24, 2.45) is 11.8 Å². The van der Waals surface area contributed by atoms with Gasteiger partial charge in [-0.1, -0.05) is 64.4 Å². The van der Waals surface area contributed by atoms with Crippen molar-refractivity contribution >= 4 is 23.6 Å². The van der Waals surface area contributed by atoms with Crippen molar-refractivity contribution < 1.29 is 24.2 Å². The van der Waals surface area contributed by atoms with Gasteiger partial charge in [0.15, 0.2) is 0 Å². The zero-order valence-corrected chi connectivity index (χ0v) is 27.1. The summed E-state index contributed by atoms with van der Waals surface area (Å²) >= 11 is 0. The SMILES string of the molecule is CCC(C)C(NC(=O)OC(C)(C)C)C(=O)N(C(C)CCC(C)C)C(C(=O)Nc1c(C)cccc1C)c1cccc(O)c1. The molecule has 2 aromatic carbocycles. The molecule has 0 saturated carbocycles. The van der Waals surface area contributed by atoms with Crippen LogP contribution in [0.4, 0.5) is 10.5 Å². The largest absolute Gasteiger partial charge is 0.508 e. The van der Waals surface area contributed by atoms with Gasteiger partial charge >= 0.3 is 6.09 Å². The quantitative estimate of drug-likeness (QED) is 0.244. The van der Waals surface area contributed by atoms with Gasteiger partial charge in [-0.15, -0.1) is 0 Å². The number of aromatic hydroxyl groups is 1. The summed E-state index contributed by atoms with van der Waals surface area (Å²) in [4.78, 5) is 43.4. The highest BCUT2D eigenvalue weighted by molar-refractivity contribution is 6.00. The fourth-order valence-electron chi connectivity index (χ4n) is 4.93. The molecule has 4 atom stereocenters. The van der Waals surface area contributed by atoms with E-state index in [0.29, 0.717) is 30.0 Å². The van der Waals surface area contributed by atoms with Gasteiger partial charge in [0.1, 0.15) is 23.4 Å². The van der Waals surface area contributed by atoms with Crippen LogP contribution in [0.3, 0.4) is 0 Å². The second kappa shape index (κ2) is 15.1. The van der Waals surface area contributed by atoms with Gasteiger partial charge in [-0.25, -0.2) is 4.79 Å². The molecule has 0 aliphatic carbocycles. The molecule has 0 bridgehead atoms. The average Bonchev–Trinajstić information content (AvgIpc) is 2.89. The lowest BCUT2D eigenvalue weighted by Gasteiger charge is -2.40. The monoisotopic (exact) mass is 581 g/mol. The number of hydrogen-bond donors (Lipinski definition) is 3. The van der Waals surface area contributed by atoms with Gasteiger partial charge in [0.05, 0.1) is 0 Å². The summed E-state index contributed by atoms with van der Waals surface area (Å²) in [5, 5.41) is 16.3. The number of nitrogens with zero attached hydrogens (tertiary/aromatic N) is 1. The first-order valence-corrected chi connectivity index (χ1v) is 15.0. The molecule has 2 rings (SSSR count). The molecule has 232 valence electrons. The first kappa shape index (κ1) is 34.7. The van der Waals surface area contributed by atoms with E-state index in [2.05, 4.69) is 24.5 Å². The number of benzene rings is 2. The van der Waals surface area contributed by atoms with Crippen LogP contribution >= 0.6 is 0 Å². The molecule has 0 radical (unpaired) electrons. The third-order valence-electron chi connectivity index (χ3n) is 7.48. The Morgan fingerprint density at radius 1 is 0.952 bits per heavy atom. The van der Waals surface area contributed by atoms with Crippen LogP contribution in [-0.4, -0.2) is 45.6 Å². The lowest BCUT2D eigenvalue weighted by atomic mass is 9.93. The van der Waals surface area contributed by atoms with Crippen LogP contribution < -0.4 is 10.6 Å². The first-order chi connectivity index (χ1) is 19.5. The predicted molar refractivity (Wildman–Crippen MR) is 168 cm³/mol. The number of rotatable bonds is 12. The number of hydrogen-bond acceptors (Lipinski definition) is 5. The van der Waals surface area contributed by atoms with E-state index in [0.717, 1.165) is 17.5 Å². The number of phenols is 1. The predicted octanol–water partition coefficient (Wildman–Crippen LogP) is 7.28. The van der Waals surface area contributed by atoms with Gasteiger partial charge in [0.25, 0.3) is 5.91 Å². The van der Waals surface area contributed by atoms with E-state index in [9.17, 15) is 19.5 Å². The van der Waals surface area contributed by atoms with E-state index in [1.807, 2.05) is 52.8 Å². The maximum absolute atomic E-state index is 14.6. The molecule has 0 aliphatic rings. The number of anilines is 1. The lowest BCUT2D eigenvalue weighted by molar-refractivity contribution is -0.144. The second-order valence-corrected chi connectivity index (χ2v) is 12.8. The number of phenolic OH excluding ortho intramolecular Hbond substituents is 1. The fraction of sp³-hybridized carbons (Fsp3) is 0.559. The number of alkyl carbamates (subject to hydrolysis) is 1. The summed E-state index contributed by atoms with van der Waals surface area (Å²) in [5.41, 5.74) is 2.21. The smallest absolute Gasteiger partial charge is 0.408 e. The van der Waals surface area contributed by atoms with Crippen molar-refractivity contribution in [2.75, 3.05) is 5.32 Å². The molecular formula is C34H51N3O5. The molecule has 0 fully saturated rings. The van der Waals surface area contributed by atoms with Crippen molar-refractivity contribution in [3.8, 4) is 5.75 Å². The molecule has 0 saturated heterocycles. The van der Waals surface area contributed by atoms with E-state index < -0.39 is 29.7 Å². The Balaban J connectivity index is 2.69. The van der Waals surface area contributed by atoms with Crippen LogP contribution in [-0.2, 0) is 14.3 Å². The van der Waals surface area contributed by atoms with Gasteiger partial charge in [-0.05, 0) is 95.0 Å². The van der Waals surface area contributed by atoms with Gasteiger partial charge in [0, 0.05) is 11.7 Å². The number of nitrogens with one attached hydrogen (secondary N) is 2. The maximum Gasteiger partial charge on any atom is 0.408 e. The van der Waals surface area contributed by atoms with Crippen LogP contribution in [0.2, 0.25) is 0 Å². The van der Waals surface area contributed by atoms with Crippen molar-refractivity contribution in [1.29, 1.82) is 0 Å². The van der Waals surface area contributed by atoms with Crippen LogP contribution in [0, 0.1) is 25.7 Å². The molecule has 0 aliphatic heterocycles. The highest BCUT2D eigenvalue weighted by atomic mass is 16.6. The highest BCUT2D eigenvalue weighted by Crippen LogP contribution is 2.32. The third kappa shape index (κ3) is 9.78. The van der Waals surface area contributed by atoms with E-state index in [1.165, 1.54) is 12.1 Å². The zero-order valence-electron chi connectivity index (χ0n) is 27.1. The molecule has 8 heteroatoms. The minimum absolute atomic E-state index is 0.00930. The Morgan fingerprint density at radius 2 is 1.55 bits per heavy atom. The van der Waals surface area contributed by atoms with E-state index in [-0.39, 0.29) is 23.6 Å². The molecule has 3 N–H and O–H groups in total. The number of carbonyl (C=O) groups excluding carboxylic acids is 3. The third-order valence-corrected chi connectivity index (χ3v) is 7.48. The molecule has 3 amide bonds. The van der Waals surface area contributed by atoms with E-state index in [4.69, 9.17) is 4.74 Å². The summed E-state index contributed by atoms with van der Waals surface area (Å²) in [5.74, 6) is -0.641. The standard InChI is InChI=1S/C34H51N3O5/c1-11-22(4)29(36-33(41)42-34(8,9)10)32(40)37(25(7)19-18-21(2)3)30(26-16-13-17-27(38)20-26)31(39)35-28-23(5)14-12-15-24(28)6/h12-17,20-22,25,29-30,38H,11,18-19H2,1-10H3,(H,35,39)(H,36,41). The van der Waals surface area contributed by atoms with Gasteiger partial charge in [-0.3, -0.25) is 9.59 Å². The summed E-state index contributed by atoms with van der Waals surface area (Å²) < 4.78 is 5.51. The topological polar surface area (TPSA) is 108 Å². The van der Waals surface area contributed by atoms with Gasteiger partial charge in [-0.2, -0.15) is 0 Å². The Bertz CT molecular complexity index is 1200. The van der Waals surface area contributed by atoms with E-state index in [1.54, 1.807) is 37.8 Å². The van der Waals surface area contributed by atoms with Crippen LogP contribution in [0.25, 0.3) is 0 Å². The van der Waals surface area contributed by atoms with Crippen molar-refractivity contribution in [2.45, 2.75) is 112 Å². The number of amides is 3. The Morgan fingerprint density at radius 3 is 2.07 bits per heavy atom.